The maximum Gasteiger partial charge on any atom is 0.158 e. The van der Waals surface area contributed by atoms with Crippen LogP contribution in [0.4, 0.5) is 0 Å². The number of unbranched alkanes of at least 4 members (excludes halogenated alkanes) is 1. The maximum absolute atomic E-state index is 5.44. The van der Waals surface area contributed by atoms with Crippen molar-refractivity contribution in [1.82, 2.24) is 0 Å². The van der Waals surface area contributed by atoms with Gasteiger partial charge in [0, 0.05) is 0 Å². The Labute approximate surface area is 62.5 Å². The molecule has 1 fully saturated rings. The molecule has 0 spiro atoms. The first-order valence-corrected chi connectivity index (χ1v) is 4.10. The van der Waals surface area contributed by atoms with E-state index in [2.05, 4.69) is 6.92 Å². The Hall–Kier alpha value is -0.0800. The predicted octanol–water partition coefficient (Wildman–Crippen LogP) is 1.94. The highest BCUT2D eigenvalue weighted by atomic mass is 16.7. The minimum atomic E-state index is 0.0925. The Morgan fingerprint density at radius 2 is 2.30 bits per heavy atom. The van der Waals surface area contributed by atoms with Crippen molar-refractivity contribution in [3.63, 3.8) is 0 Å². The van der Waals surface area contributed by atoms with Crippen molar-refractivity contribution in [3.8, 4) is 0 Å². The van der Waals surface area contributed by atoms with Crippen molar-refractivity contribution < 1.29 is 9.47 Å². The number of hydrogen-bond acceptors (Lipinski definition) is 2. The molecule has 60 valence electrons. The molecule has 2 nitrogen and oxygen atoms in total. The minimum Gasteiger partial charge on any atom is -0.350 e. The van der Waals surface area contributed by atoms with Gasteiger partial charge in [-0.05, 0) is 19.8 Å². The Morgan fingerprint density at radius 1 is 1.50 bits per heavy atom. The van der Waals surface area contributed by atoms with Crippen molar-refractivity contribution in [2.75, 3.05) is 6.61 Å². The van der Waals surface area contributed by atoms with Crippen molar-refractivity contribution >= 4 is 0 Å². The summed E-state index contributed by atoms with van der Waals surface area (Å²) in [6.45, 7) is 5.00. The van der Waals surface area contributed by atoms with Crippen molar-refractivity contribution in [2.24, 2.45) is 0 Å². The molecule has 2 unspecified atom stereocenters. The second-order valence-corrected chi connectivity index (χ2v) is 2.85. The number of hydrogen-bond donors (Lipinski definition) is 0. The summed E-state index contributed by atoms with van der Waals surface area (Å²) in [6.07, 6.45) is 3.88. The summed E-state index contributed by atoms with van der Waals surface area (Å²) in [5, 5.41) is 0. The minimum absolute atomic E-state index is 0.0925. The second-order valence-electron chi connectivity index (χ2n) is 2.85. The molecule has 2 atom stereocenters. The summed E-state index contributed by atoms with van der Waals surface area (Å²) in [6, 6.07) is 0. The van der Waals surface area contributed by atoms with Gasteiger partial charge in [-0.25, -0.2) is 0 Å². The molecule has 0 bridgehead atoms. The zero-order valence-corrected chi connectivity index (χ0v) is 6.80. The average Bonchev–Trinajstić information content (AvgIpc) is 2.31. The van der Waals surface area contributed by atoms with Crippen LogP contribution in [0, 0.1) is 0 Å². The zero-order valence-electron chi connectivity index (χ0n) is 6.80. The van der Waals surface area contributed by atoms with E-state index >= 15 is 0 Å². The van der Waals surface area contributed by atoms with Gasteiger partial charge in [-0.3, -0.25) is 0 Å². The Kier molecular flexibility index (Phi) is 3.16. The fourth-order valence-corrected chi connectivity index (χ4v) is 1.10. The largest absolute Gasteiger partial charge is 0.350 e. The van der Waals surface area contributed by atoms with Crippen LogP contribution in [-0.2, 0) is 9.47 Å². The SMILES string of the molecule is CCCCC1OCC(C)O1. The quantitative estimate of drug-likeness (QED) is 0.602. The highest BCUT2D eigenvalue weighted by Crippen LogP contribution is 2.15. The van der Waals surface area contributed by atoms with Gasteiger partial charge < -0.3 is 9.47 Å². The van der Waals surface area contributed by atoms with E-state index in [0.29, 0.717) is 6.10 Å². The van der Waals surface area contributed by atoms with E-state index in [1.807, 2.05) is 6.92 Å². The topological polar surface area (TPSA) is 18.5 Å². The van der Waals surface area contributed by atoms with Crippen LogP contribution in [0.15, 0.2) is 0 Å². The van der Waals surface area contributed by atoms with Crippen LogP contribution in [-0.4, -0.2) is 19.0 Å². The molecule has 1 rings (SSSR count). The molecule has 0 aromatic heterocycles. The standard InChI is InChI=1S/C8H16O2/c1-3-4-5-8-9-6-7(2)10-8/h7-8H,3-6H2,1-2H3. The van der Waals surface area contributed by atoms with E-state index in [4.69, 9.17) is 9.47 Å². The molecule has 1 heterocycles. The summed E-state index contributed by atoms with van der Waals surface area (Å²) in [5.74, 6) is 0. The molecule has 0 saturated carbocycles. The highest BCUT2D eigenvalue weighted by molar-refractivity contribution is 4.59. The van der Waals surface area contributed by atoms with E-state index in [-0.39, 0.29) is 6.29 Å². The first-order chi connectivity index (χ1) is 4.83. The van der Waals surface area contributed by atoms with Crippen molar-refractivity contribution in [2.45, 2.75) is 45.5 Å². The summed E-state index contributed by atoms with van der Waals surface area (Å²) in [7, 11) is 0. The summed E-state index contributed by atoms with van der Waals surface area (Å²) >= 11 is 0. The van der Waals surface area contributed by atoms with E-state index in [1.165, 1.54) is 12.8 Å². The zero-order chi connectivity index (χ0) is 7.40. The van der Waals surface area contributed by atoms with Crippen LogP contribution in [0.1, 0.15) is 33.1 Å². The van der Waals surface area contributed by atoms with Gasteiger partial charge in [0.2, 0.25) is 0 Å². The lowest BCUT2D eigenvalue weighted by atomic mass is 10.2. The van der Waals surface area contributed by atoms with E-state index in [9.17, 15) is 0 Å². The number of ether oxygens (including phenoxy) is 2. The van der Waals surface area contributed by atoms with Gasteiger partial charge in [-0.1, -0.05) is 13.3 Å². The van der Waals surface area contributed by atoms with Crippen LogP contribution in [0.2, 0.25) is 0 Å². The van der Waals surface area contributed by atoms with Gasteiger partial charge in [0.15, 0.2) is 6.29 Å². The molecule has 2 heteroatoms. The molecule has 0 aromatic carbocycles. The monoisotopic (exact) mass is 144 g/mol. The van der Waals surface area contributed by atoms with Crippen LogP contribution in [0.3, 0.4) is 0 Å². The van der Waals surface area contributed by atoms with Gasteiger partial charge in [0.05, 0.1) is 12.7 Å². The third kappa shape index (κ3) is 2.27. The third-order valence-corrected chi connectivity index (χ3v) is 1.69. The molecule has 0 amide bonds. The molecule has 1 saturated heterocycles. The average molecular weight is 144 g/mol. The van der Waals surface area contributed by atoms with E-state index in [1.54, 1.807) is 0 Å². The summed E-state index contributed by atoms with van der Waals surface area (Å²) in [5.41, 5.74) is 0. The predicted molar refractivity (Wildman–Crippen MR) is 39.8 cm³/mol. The molecular weight excluding hydrogens is 128 g/mol. The lowest BCUT2D eigenvalue weighted by Crippen LogP contribution is -2.08. The van der Waals surface area contributed by atoms with E-state index < -0.39 is 0 Å². The van der Waals surface area contributed by atoms with E-state index in [0.717, 1.165) is 13.0 Å². The Balaban J connectivity index is 2.06. The van der Waals surface area contributed by atoms with Gasteiger partial charge in [-0.2, -0.15) is 0 Å². The second kappa shape index (κ2) is 3.94. The first-order valence-electron chi connectivity index (χ1n) is 4.10. The van der Waals surface area contributed by atoms with Gasteiger partial charge in [-0.15, -0.1) is 0 Å². The lowest BCUT2D eigenvalue weighted by Gasteiger charge is -2.07. The van der Waals surface area contributed by atoms with Crippen LogP contribution < -0.4 is 0 Å². The normalized spacial score (nSPS) is 33.0. The number of rotatable bonds is 3. The molecule has 1 aliphatic rings. The fraction of sp³-hybridized carbons (Fsp3) is 1.00. The molecule has 0 N–H and O–H groups in total. The maximum atomic E-state index is 5.44. The first kappa shape index (κ1) is 8.02. The molecule has 10 heavy (non-hydrogen) atoms. The Bertz CT molecular complexity index is 93.3. The molecule has 0 aromatic rings. The van der Waals surface area contributed by atoms with Gasteiger partial charge in [0.25, 0.3) is 0 Å². The van der Waals surface area contributed by atoms with Crippen LogP contribution in [0.25, 0.3) is 0 Å². The van der Waals surface area contributed by atoms with Crippen molar-refractivity contribution in [1.29, 1.82) is 0 Å². The van der Waals surface area contributed by atoms with Gasteiger partial charge in [0.1, 0.15) is 0 Å². The summed E-state index contributed by atoms with van der Waals surface area (Å²) < 4.78 is 10.8. The highest BCUT2D eigenvalue weighted by Gasteiger charge is 2.20. The fourth-order valence-electron chi connectivity index (χ4n) is 1.10. The summed E-state index contributed by atoms with van der Waals surface area (Å²) in [4.78, 5) is 0. The smallest absolute Gasteiger partial charge is 0.158 e. The van der Waals surface area contributed by atoms with Crippen LogP contribution in [0.5, 0.6) is 0 Å². The molecular formula is C8H16O2. The van der Waals surface area contributed by atoms with Crippen LogP contribution >= 0.6 is 0 Å². The third-order valence-electron chi connectivity index (χ3n) is 1.69. The molecule has 1 aliphatic heterocycles. The van der Waals surface area contributed by atoms with Crippen molar-refractivity contribution in [3.05, 3.63) is 0 Å². The lowest BCUT2D eigenvalue weighted by molar-refractivity contribution is -0.0601. The molecule has 0 aliphatic carbocycles. The van der Waals surface area contributed by atoms with Gasteiger partial charge >= 0.3 is 0 Å². The molecule has 0 radical (unpaired) electrons. The Morgan fingerprint density at radius 3 is 2.80 bits per heavy atom.